The van der Waals surface area contributed by atoms with Crippen LogP contribution in [0.3, 0.4) is 0 Å². The summed E-state index contributed by atoms with van der Waals surface area (Å²) in [6.45, 7) is 0. The van der Waals surface area contributed by atoms with Crippen LogP contribution < -0.4 is 14.8 Å². The van der Waals surface area contributed by atoms with Crippen LogP contribution in [-0.2, 0) is 4.79 Å². The van der Waals surface area contributed by atoms with E-state index in [0.29, 0.717) is 37.3 Å². The lowest BCUT2D eigenvalue weighted by molar-refractivity contribution is -0.115. The van der Waals surface area contributed by atoms with E-state index in [4.69, 9.17) is 32.7 Å². The van der Waals surface area contributed by atoms with E-state index < -0.39 is 0 Å². The maximum atomic E-state index is 12.3. The lowest BCUT2D eigenvalue weighted by Crippen LogP contribution is -2.19. The third-order valence-corrected chi connectivity index (χ3v) is 4.80. The summed E-state index contributed by atoms with van der Waals surface area (Å²) in [6, 6.07) is 10.4. The molecule has 1 aliphatic rings. The number of nitrogens with zero attached hydrogens (tertiary/aromatic N) is 1. The van der Waals surface area contributed by atoms with Gasteiger partial charge in [0.2, 0.25) is 0 Å². The van der Waals surface area contributed by atoms with Crippen molar-refractivity contribution in [2.24, 2.45) is 4.99 Å². The molecule has 1 amide bonds. The quantitative estimate of drug-likeness (QED) is 0.730. The molecule has 1 saturated heterocycles. The van der Waals surface area contributed by atoms with Crippen molar-refractivity contribution in [3.05, 3.63) is 56.9 Å². The third-order valence-electron chi connectivity index (χ3n) is 3.45. The molecule has 134 valence electrons. The first-order chi connectivity index (χ1) is 12.5. The van der Waals surface area contributed by atoms with Gasteiger partial charge in [0.05, 0.1) is 24.8 Å². The number of benzene rings is 2. The van der Waals surface area contributed by atoms with Gasteiger partial charge in [0, 0.05) is 15.6 Å². The average Bonchev–Trinajstić information content (AvgIpc) is 2.92. The fourth-order valence-corrected chi connectivity index (χ4v) is 3.72. The number of para-hydroxylation sites is 1. The molecule has 0 atom stereocenters. The molecule has 0 unspecified atom stereocenters. The molecule has 2 aromatic rings. The normalized spacial score (nSPS) is 16.8. The zero-order valence-corrected chi connectivity index (χ0v) is 16.2. The number of carbonyl (C=O) groups excluding carboxylic acids is 1. The number of amides is 1. The Morgan fingerprint density at radius 2 is 1.85 bits per heavy atom. The number of aliphatic imine (C=N–C) groups is 1. The largest absolute Gasteiger partial charge is 0.493 e. The molecule has 2 aromatic carbocycles. The van der Waals surface area contributed by atoms with Crippen molar-refractivity contribution < 1.29 is 14.3 Å². The van der Waals surface area contributed by atoms with Crippen molar-refractivity contribution in [1.29, 1.82) is 0 Å². The molecule has 1 fully saturated rings. The van der Waals surface area contributed by atoms with Gasteiger partial charge in [0.25, 0.3) is 5.91 Å². The predicted molar refractivity (Wildman–Crippen MR) is 107 cm³/mol. The van der Waals surface area contributed by atoms with Gasteiger partial charge in [0.1, 0.15) is 0 Å². The molecular formula is C18H14Cl2N2O3S. The van der Waals surface area contributed by atoms with E-state index in [2.05, 4.69) is 10.3 Å². The summed E-state index contributed by atoms with van der Waals surface area (Å²) in [4.78, 5) is 17.1. The number of carbonyl (C=O) groups is 1. The molecular weight excluding hydrogens is 395 g/mol. The highest BCUT2D eigenvalue weighted by Gasteiger charge is 2.24. The monoisotopic (exact) mass is 408 g/mol. The van der Waals surface area contributed by atoms with Gasteiger partial charge in [-0.05, 0) is 42.1 Å². The summed E-state index contributed by atoms with van der Waals surface area (Å²) in [5, 5.41) is 4.12. The van der Waals surface area contributed by atoms with Crippen LogP contribution in [0.15, 0.2) is 46.3 Å². The van der Waals surface area contributed by atoms with Crippen molar-refractivity contribution in [2.45, 2.75) is 0 Å². The minimum Gasteiger partial charge on any atom is -0.493 e. The Balaban J connectivity index is 1.91. The van der Waals surface area contributed by atoms with E-state index >= 15 is 0 Å². The van der Waals surface area contributed by atoms with Crippen LogP contribution in [0.4, 0.5) is 5.69 Å². The van der Waals surface area contributed by atoms with Gasteiger partial charge in [-0.15, -0.1) is 0 Å². The standard InChI is InChI=1S/C18H14Cl2N2O3S/c1-24-14-5-3-4-10(16(14)25-2)6-15-17(23)22-18(26-15)21-13-8-11(19)7-12(20)9-13/h3-9H,1-2H3,(H,21,22,23)/b15-6-. The molecule has 1 aliphatic heterocycles. The first kappa shape index (κ1) is 18.6. The van der Waals surface area contributed by atoms with Crippen molar-refractivity contribution in [3.63, 3.8) is 0 Å². The van der Waals surface area contributed by atoms with Crippen LogP contribution in [0, 0.1) is 0 Å². The fraction of sp³-hybridized carbons (Fsp3) is 0.111. The molecule has 0 radical (unpaired) electrons. The number of nitrogens with one attached hydrogen (secondary N) is 1. The molecule has 0 aliphatic carbocycles. The van der Waals surface area contributed by atoms with E-state index in [9.17, 15) is 4.79 Å². The Morgan fingerprint density at radius 3 is 2.50 bits per heavy atom. The maximum absolute atomic E-state index is 12.3. The van der Waals surface area contributed by atoms with Crippen LogP contribution in [0.2, 0.25) is 10.0 Å². The third kappa shape index (κ3) is 4.15. The number of rotatable bonds is 4. The average molecular weight is 409 g/mol. The van der Waals surface area contributed by atoms with Crippen LogP contribution in [0.1, 0.15) is 5.56 Å². The molecule has 5 nitrogen and oxygen atoms in total. The molecule has 0 aromatic heterocycles. The molecule has 0 spiro atoms. The number of methoxy groups -OCH3 is 2. The Bertz CT molecular complexity index is 908. The van der Waals surface area contributed by atoms with Gasteiger partial charge < -0.3 is 14.8 Å². The summed E-state index contributed by atoms with van der Waals surface area (Å²) in [7, 11) is 3.12. The van der Waals surface area contributed by atoms with Crippen LogP contribution in [-0.4, -0.2) is 25.3 Å². The van der Waals surface area contributed by atoms with Crippen LogP contribution in [0.25, 0.3) is 6.08 Å². The number of hydrogen-bond acceptors (Lipinski definition) is 5. The summed E-state index contributed by atoms with van der Waals surface area (Å²) in [5.74, 6) is 0.905. The van der Waals surface area contributed by atoms with E-state index in [0.717, 1.165) is 5.56 Å². The zero-order chi connectivity index (χ0) is 18.7. The summed E-state index contributed by atoms with van der Waals surface area (Å²) >= 11 is 13.2. The summed E-state index contributed by atoms with van der Waals surface area (Å²) in [5.41, 5.74) is 1.29. The first-order valence-electron chi connectivity index (χ1n) is 7.47. The zero-order valence-electron chi connectivity index (χ0n) is 13.9. The van der Waals surface area contributed by atoms with Gasteiger partial charge >= 0.3 is 0 Å². The number of amidine groups is 1. The van der Waals surface area contributed by atoms with E-state index in [1.165, 1.54) is 11.8 Å². The summed E-state index contributed by atoms with van der Waals surface area (Å²) in [6.07, 6.45) is 1.73. The van der Waals surface area contributed by atoms with Crippen LogP contribution in [0.5, 0.6) is 11.5 Å². The van der Waals surface area contributed by atoms with Crippen molar-refractivity contribution in [1.82, 2.24) is 5.32 Å². The topological polar surface area (TPSA) is 59.9 Å². The van der Waals surface area contributed by atoms with Gasteiger partial charge in [-0.1, -0.05) is 35.3 Å². The SMILES string of the molecule is COc1cccc(/C=C2\SC(=Nc3cc(Cl)cc(Cl)c3)NC2=O)c1OC. The van der Waals surface area contributed by atoms with Crippen molar-refractivity contribution in [2.75, 3.05) is 14.2 Å². The van der Waals surface area contributed by atoms with Gasteiger partial charge in [-0.3, -0.25) is 4.79 Å². The Kier molecular flexibility index (Phi) is 5.76. The highest BCUT2D eigenvalue weighted by atomic mass is 35.5. The molecule has 3 rings (SSSR count). The molecule has 0 saturated carbocycles. The van der Waals surface area contributed by atoms with E-state index in [-0.39, 0.29) is 5.91 Å². The number of hydrogen-bond donors (Lipinski definition) is 1. The lowest BCUT2D eigenvalue weighted by Gasteiger charge is -2.10. The van der Waals surface area contributed by atoms with Gasteiger partial charge in [-0.2, -0.15) is 0 Å². The van der Waals surface area contributed by atoms with Gasteiger partial charge in [-0.25, -0.2) is 4.99 Å². The van der Waals surface area contributed by atoms with E-state index in [1.807, 2.05) is 12.1 Å². The lowest BCUT2D eigenvalue weighted by atomic mass is 10.1. The minimum absolute atomic E-state index is 0.244. The molecule has 8 heteroatoms. The van der Waals surface area contributed by atoms with Gasteiger partial charge in [0.15, 0.2) is 16.7 Å². The fourth-order valence-electron chi connectivity index (χ4n) is 2.37. The molecule has 1 N–H and O–H groups in total. The second kappa shape index (κ2) is 8.03. The Morgan fingerprint density at radius 1 is 1.12 bits per heavy atom. The Labute approximate surface area is 165 Å². The Hall–Kier alpha value is -2.15. The number of ether oxygens (including phenoxy) is 2. The first-order valence-corrected chi connectivity index (χ1v) is 9.04. The van der Waals surface area contributed by atoms with Crippen molar-refractivity contribution in [3.8, 4) is 11.5 Å². The minimum atomic E-state index is -0.244. The summed E-state index contributed by atoms with van der Waals surface area (Å²) < 4.78 is 10.7. The van der Waals surface area contributed by atoms with E-state index in [1.54, 1.807) is 44.6 Å². The predicted octanol–water partition coefficient (Wildman–Crippen LogP) is 4.90. The molecule has 1 heterocycles. The van der Waals surface area contributed by atoms with Crippen LogP contribution >= 0.6 is 35.0 Å². The molecule has 0 bridgehead atoms. The smallest absolute Gasteiger partial charge is 0.264 e. The number of halogens is 2. The second-order valence-electron chi connectivity index (χ2n) is 5.19. The highest BCUT2D eigenvalue weighted by molar-refractivity contribution is 8.18. The second-order valence-corrected chi connectivity index (χ2v) is 7.10. The van der Waals surface area contributed by atoms with Crippen molar-refractivity contribution >= 4 is 57.8 Å². The highest BCUT2D eigenvalue weighted by Crippen LogP contribution is 2.35. The number of thioether (sulfide) groups is 1. The molecule has 26 heavy (non-hydrogen) atoms. The maximum Gasteiger partial charge on any atom is 0.264 e.